The Morgan fingerprint density at radius 3 is 1.56 bits per heavy atom. The Kier molecular flexibility index (Phi) is 3.52. The lowest BCUT2D eigenvalue weighted by molar-refractivity contribution is -0.403. The van der Waals surface area contributed by atoms with Gasteiger partial charge >= 0.3 is 0 Å². The molecule has 0 N–H and O–H groups in total. The summed E-state index contributed by atoms with van der Waals surface area (Å²) in [5, 5.41) is 30.3. The fraction of sp³-hybridized carbons (Fsp3) is 0. The summed E-state index contributed by atoms with van der Waals surface area (Å²) in [6.45, 7) is 0. The van der Waals surface area contributed by atoms with Crippen LogP contribution in [0.25, 0.3) is 0 Å². The van der Waals surface area contributed by atoms with Crippen LogP contribution in [0.1, 0.15) is 10.4 Å². The van der Waals surface area contributed by atoms with E-state index in [1.54, 1.807) is 0 Å². The molecule has 0 spiro atoms. The molecular formula is C7H2ClN3O7. The highest BCUT2D eigenvalue weighted by atomic mass is 35.5. The number of hydrogen-bond acceptors (Lipinski definition) is 7. The minimum absolute atomic E-state index is 0.433. The van der Waals surface area contributed by atoms with Crippen LogP contribution in [0.5, 0.6) is 0 Å². The normalized spacial score (nSPS) is 9.83. The van der Waals surface area contributed by atoms with Gasteiger partial charge < -0.3 is 0 Å². The zero-order chi connectivity index (χ0) is 14.0. The number of nitro groups is 3. The first kappa shape index (κ1) is 13.4. The van der Waals surface area contributed by atoms with Crippen LogP contribution in [-0.4, -0.2) is 20.0 Å². The van der Waals surface area contributed by atoms with Gasteiger partial charge in [0.2, 0.25) is 0 Å². The molecule has 0 aliphatic rings. The fourth-order valence-electron chi connectivity index (χ4n) is 1.19. The van der Waals surface area contributed by atoms with E-state index in [0.717, 1.165) is 0 Å². The molecule has 11 heteroatoms. The summed E-state index contributed by atoms with van der Waals surface area (Å²) in [6.07, 6.45) is 0. The van der Waals surface area contributed by atoms with Crippen molar-refractivity contribution in [1.29, 1.82) is 0 Å². The maximum atomic E-state index is 11.0. The van der Waals surface area contributed by atoms with Crippen molar-refractivity contribution in [1.82, 2.24) is 0 Å². The van der Waals surface area contributed by atoms with Gasteiger partial charge in [0.15, 0.2) is 5.56 Å². The molecule has 0 fully saturated rings. The summed E-state index contributed by atoms with van der Waals surface area (Å²) in [7, 11) is 0. The lowest BCUT2D eigenvalue weighted by Crippen LogP contribution is -2.05. The third kappa shape index (κ3) is 2.38. The largest absolute Gasteiger partial charge is 0.295 e. The average molecular weight is 276 g/mol. The Hall–Kier alpha value is -2.62. The summed E-state index contributed by atoms with van der Waals surface area (Å²) < 4.78 is 0. The first-order chi connectivity index (χ1) is 8.25. The zero-order valence-electron chi connectivity index (χ0n) is 8.23. The topological polar surface area (TPSA) is 146 Å². The molecule has 0 radical (unpaired) electrons. The number of nitro benzene ring substituents is 3. The summed E-state index contributed by atoms with van der Waals surface area (Å²) in [5.41, 5.74) is -4.04. The third-order valence-corrected chi connectivity index (χ3v) is 2.07. The molecule has 1 rings (SSSR count). The zero-order valence-corrected chi connectivity index (χ0v) is 8.99. The number of nitrogens with zero attached hydrogens (tertiary/aromatic N) is 3. The first-order valence-corrected chi connectivity index (χ1v) is 4.44. The number of carbonyl (C=O) groups is 1. The number of hydrogen-bond donors (Lipinski definition) is 0. The molecule has 0 unspecified atom stereocenters. The molecule has 0 heterocycles. The van der Waals surface area contributed by atoms with E-state index in [4.69, 9.17) is 11.6 Å². The van der Waals surface area contributed by atoms with Gasteiger partial charge in [-0.15, -0.1) is 0 Å². The Bertz CT molecular complexity index is 549. The SMILES string of the molecule is O=C(Cl)c1c([N+](=O)[O-])cc([N+](=O)[O-])cc1[N+](=O)[O-]. The molecule has 0 atom stereocenters. The molecule has 0 saturated carbocycles. The Labute approximate surface area is 102 Å². The van der Waals surface area contributed by atoms with E-state index in [9.17, 15) is 35.1 Å². The predicted octanol–water partition coefficient (Wildman–Crippen LogP) is 1.79. The lowest BCUT2D eigenvalue weighted by atomic mass is 10.1. The highest BCUT2D eigenvalue weighted by Gasteiger charge is 2.33. The van der Waals surface area contributed by atoms with Crippen LogP contribution in [0.15, 0.2) is 12.1 Å². The van der Waals surface area contributed by atoms with E-state index in [-0.39, 0.29) is 0 Å². The molecule has 0 bridgehead atoms. The van der Waals surface area contributed by atoms with Gasteiger partial charge in [-0.2, -0.15) is 0 Å². The summed E-state index contributed by atoms with van der Waals surface area (Å²) >= 11 is 5.02. The van der Waals surface area contributed by atoms with Crippen LogP contribution < -0.4 is 0 Å². The lowest BCUT2D eigenvalue weighted by Gasteiger charge is -2.00. The van der Waals surface area contributed by atoms with E-state index < -0.39 is 42.6 Å². The molecule has 0 saturated heterocycles. The van der Waals surface area contributed by atoms with E-state index in [0.29, 0.717) is 12.1 Å². The Morgan fingerprint density at radius 1 is 0.944 bits per heavy atom. The van der Waals surface area contributed by atoms with Crippen molar-refractivity contribution < 1.29 is 19.6 Å². The van der Waals surface area contributed by atoms with Gasteiger partial charge in [0, 0.05) is 0 Å². The molecule has 0 aromatic heterocycles. The number of carbonyl (C=O) groups excluding carboxylic acids is 1. The fourth-order valence-corrected chi connectivity index (χ4v) is 1.39. The monoisotopic (exact) mass is 275 g/mol. The standard InChI is InChI=1S/C7H2ClN3O7/c8-7(12)6-4(10(15)16)1-3(9(13)14)2-5(6)11(17)18/h1-2H. The quantitative estimate of drug-likeness (QED) is 0.462. The van der Waals surface area contributed by atoms with Gasteiger partial charge in [0.25, 0.3) is 22.3 Å². The molecule has 94 valence electrons. The van der Waals surface area contributed by atoms with Crippen LogP contribution in [0.4, 0.5) is 17.1 Å². The van der Waals surface area contributed by atoms with Crippen LogP contribution >= 0.6 is 11.6 Å². The smallest absolute Gasteiger partial charge is 0.275 e. The average Bonchev–Trinajstić information content (AvgIpc) is 2.26. The first-order valence-electron chi connectivity index (χ1n) is 4.06. The minimum Gasteiger partial charge on any atom is -0.275 e. The second kappa shape index (κ2) is 4.71. The van der Waals surface area contributed by atoms with Crippen molar-refractivity contribution in [2.24, 2.45) is 0 Å². The number of rotatable bonds is 4. The van der Waals surface area contributed by atoms with Crippen molar-refractivity contribution >= 4 is 33.9 Å². The maximum Gasteiger partial charge on any atom is 0.295 e. The Balaban J connectivity index is 3.76. The van der Waals surface area contributed by atoms with Crippen LogP contribution in [0.3, 0.4) is 0 Å². The van der Waals surface area contributed by atoms with E-state index >= 15 is 0 Å². The minimum atomic E-state index is -1.44. The summed E-state index contributed by atoms with van der Waals surface area (Å²) in [6, 6.07) is 0.866. The molecule has 1 aromatic rings. The van der Waals surface area contributed by atoms with E-state index in [1.165, 1.54) is 0 Å². The molecule has 0 aliphatic heterocycles. The van der Waals surface area contributed by atoms with Gasteiger partial charge in [-0.05, 0) is 11.6 Å². The van der Waals surface area contributed by atoms with E-state index in [1.807, 2.05) is 0 Å². The van der Waals surface area contributed by atoms with Gasteiger partial charge in [-0.1, -0.05) is 0 Å². The molecular weight excluding hydrogens is 274 g/mol. The highest BCUT2D eigenvalue weighted by molar-refractivity contribution is 6.68. The number of non-ortho nitro benzene ring substituents is 1. The van der Waals surface area contributed by atoms with Crippen molar-refractivity contribution in [2.75, 3.05) is 0 Å². The summed E-state index contributed by atoms with van der Waals surface area (Å²) in [4.78, 5) is 39.3. The van der Waals surface area contributed by atoms with Crippen LogP contribution in [0.2, 0.25) is 0 Å². The maximum absolute atomic E-state index is 11.0. The van der Waals surface area contributed by atoms with Crippen molar-refractivity contribution in [3.8, 4) is 0 Å². The Morgan fingerprint density at radius 2 is 1.33 bits per heavy atom. The number of halogens is 1. The molecule has 1 aromatic carbocycles. The van der Waals surface area contributed by atoms with Crippen molar-refractivity contribution in [2.45, 2.75) is 0 Å². The van der Waals surface area contributed by atoms with Gasteiger partial charge in [0.05, 0.1) is 26.9 Å². The molecule has 0 aliphatic carbocycles. The highest BCUT2D eigenvalue weighted by Crippen LogP contribution is 2.34. The van der Waals surface area contributed by atoms with Crippen molar-refractivity contribution in [3.05, 3.63) is 48.0 Å². The second-order valence-electron chi connectivity index (χ2n) is 2.90. The second-order valence-corrected chi connectivity index (χ2v) is 3.25. The van der Waals surface area contributed by atoms with E-state index in [2.05, 4.69) is 0 Å². The predicted molar refractivity (Wildman–Crippen MR) is 56.6 cm³/mol. The van der Waals surface area contributed by atoms with Crippen LogP contribution in [0, 0.1) is 30.3 Å². The van der Waals surface area contributed by atoms with Gasteiger partial charge in [0.1, 0.15) is 0 Å². The van der Waals surface area contributed by atoms with Crippen LogP contribution in [-0.2, 0) is 0 Å². The number of benzene rings is 1. The molecule has 10 nitrogen and oxygen atoms in total. The van der Waals surface area contributed by atoms with Gasteiger partial charge in [-0.3, -0.25) is 35.1 Å². The van der Waals surface area contributed by atoms with Crippen molar-refractivity contribution in [3.63, 3.8) is 0 Å². The molecule has 0 amide bonds. The third-order valence-electron chi connectivity index (χ3n) is 1.88. The summed E-state index contributed by atoms with van der Waals surface area (Å²) in [5.74, 6) is 0. The molecule has 18 heavy (non-hydrogen) atoms. The van der Waals surface area contributed by atoms with Gasteiger partial charge in [-0.25, -0.2) is 0 Å².